The topological polar surface area (TPSA) is 63.1 Å². The number of hydrogen-bond donors (Lipinski definition) is 1. The molecule has 1 fully saturated rings. The molecule has 0 saturated carbocycles. The summed E-state index contributed by atoms with van der Waals surface area (Å²) in [5, 5.41) is 2.98. The lowest BCUT2D eigenvalue weighted by atomic mass is 10.2. The van der Waals surface area contributed by atoms with Gasteiger partial charge in [-0.1, -0.05) is 13.8 Å². The molecule has 0 bridgehead atoms. The zero-order valence-corrected chi connectivity index (χ0v) is 16.3. The average molecular weight is 374 g/mol. The largest absolute Gasteiger partial charge is 0.355 e. The number of nitrogens with zero attached hydrogens (tertiary/aromatic N) is 4. The van der Waals surface area contributed by atoms with Gasteiger partial charge in [0.05, 0.1) is 5.56 Å². The van der Waals surface area contributed by atoms with Crippen LogP contribution in [0, 0.1) is 0 Å². The van der Waals surface area contributed by atoms with Crippen LogP contribution < -0.4 is 10.2 Å². The summed E-state index contributed by atoms with van der Waals surface area (Å²) < 4.78 is 2.16. The Kier molecular flexibility index (Phi) is 6.55. The first kappa shape index (κ1) is 18.8. The second-order valence-electron chi connectivity index (χ2n) is 6.75. The summed E-state index contributed by atoms with van der Waals surface area (Å²) in [4.78, 5) is 23.4. The Balaban J connectivity index is 1.45. The number of carbonyl (C=O) groups is 1. The SMILES string of the molecule is CC(C)c1nccn1CCCNC(=O)c1ccc(N2CCSCC2)nc1. The van der Waals surface area contributed by atoms with E-state index in [9.17, 15) is 4.79 Å². The molecule has 0 unspecified atom stereocenters. The van der Waals surface area contributed by atoms with Crippen molar-refractivity contribution >= 4 is 23.5 Å². The van der Waals surface area contributed by atoms with Crippen LogP contribution in [0.5, 0.6) is 0 Å². The summed E-state index contributed by atoms with van der Waals surface area (Å²) in [5.74, 6) is 4.67. The Hall–Kier alpha value is -2.02. The number of nitrogens with one attached hydrogen (secondary N) is 1. The van der Waals surface area contributed by atoms with Crippen molar-refractivity contribution in [2.75, 3.05) is 36.0 Å². The van der Waals surface area contributed by atoms with Crippen molar-refractivity contribution in [3.05, 3.63) is 42.1 Å². The summed E-state index contributed by atoms with van der Waals surface area (Å²) >= 11 is 1.97. The summed E-state index contributed by atoms with van der Waals surface area (Å²) in [5.41, 5.74) is 0.616. The number of aryl methyl sites for hydroxylation is 1. The molecule has 6 nitrogen and oxygen atoms in total. The van der Waals surface area contributed by atoms with Crippen molar-refractivity contribution < 1.29 is 4.79 Å². The Morgan fingerprint density at radius 2 is 2.08 bits per heavy atom. The zero-order chi connectivity index (χ0) is 18.4. The zero-order valence-electron chi connectivity index (χ0n) is 15.5. The highest BCUT2D eigenvalue weighted by molar-refractivity contribution is 7.99. The molecule has 2 aromatic heterocycles. The van der Waals surface area contributed by atoms with Crippen molar-refractivity contribution in [1.82, 2.24) is 19.9 Å². The Bertz CT molecular complexity index is 707. The summed E-state index contributed by atoms with van der Waals surface area (Å²) in [7, 11) is 0. The van der Waals surface area contributed by atoms with Gasteiger partial charge in [0.2, 0.25) is 0 Å². The molecule has 1 aliphatic heterocycles. The van der Waals surface area contributed by atoms with E-state index in [1.54, 1.807) is 6.20 Å². The molecule has 1 amide bonds. The predicted octanol–water partition coefficient (Wildman–Crippen LogP) is 2.77. The van der Waals surface area contributed by atoms with Crippen LogP contribution in [-0.4, -0.2) is 51.6 Å². The van der Waals surface area contributed by atoms with Gasteiger partial charge in [-0.3, -0.25) is 4.79 Å². The Morgan fingerprint density at radius 3 is 2.77 bits per heavy atom. The number of anilines is 1. The maximum Gasteiger partial charge on any atom is 0.252 e. The van der Waals surface area contributed by atoms with Gasteiger partial charge in [0.15, 0.2) is 0 Å². The van der Waals surface area contributed by atoms with Gasteiger partial charge in [-0.25, -0.2) is 9.97 Å². The van der Waals surface area contributed by atoms with Crippen LogP contribution in [-0.2, 0) is 6.54 Å². The molecular weight excluding hydrogens is 346 g/mol. The second kappa shape index (κ2) is 9.07. The summed E-state index contributed by atoms with van der Waals surface area (Å²) in [6.45, 7) is 7.82. The third kappa shape index (κ3) is 4.78. The van der Waals surface area contributed by atoms with Crippen molar-refractivity contribution in [2.45, 2.75) is 32.7 Å². The van der Waals surface area contributed by atoms with Crippen LogP contribution in [0.2, 0.25) is 0 Å². The fraction of sp³-hybridized carbons (Fsp3) is 0.526. The van der Waals surface area contributed by atoms with Crippen LogP contribution in [0.3, 0.4) is 0 Å². The van der Waals surface area contributed by atoms with E-state index >= 15 is 0 Å². The smallest absolute Gasteiger partial charge is 0.252 e. The maximum atomic E-state index is 12.3. The van der Waals surface area contributed by atoms with Crippen LogP contribution in [0.15, 0.2) is 30.7 Å². The van der Waals surface area contributed by atoms with Crippen LogP contribution in [0.25, 0.3) is 0 Å². The molecule has 1 aliphatic rings. The van der Waals surface area contributed by atoms with E-state index in [-0.39, 0.29) is 5.91 Å². The highest BCUT2D eigenvalue weighted by Crippen LogP contribution is 2.17. The van der Waals surface area contributed by atoms with Crippen LogP contribution in [0.4, 0.5) is 5.82 Å². The van der Waals surface area contributed by atoms with Crippen LogP contribution >= 0.6 is 11.8 Å². The number of thioether (sulfide) groups is 1. The average Bonchev–Trinajstić information content (AvgIpc) is 3.15. The minimum Gasteiger partial charge on any atom is -0.355 e. The molecular formula is C19H27N5OS. The van der Waals surface area contributed by atoms with Gasteiger partial charge in [-0.05, 0) is 18.6 Å². The summed E-state index contributed by atoms with van der Waals surface area (Å²) in [6.07, 6.45) is 6.39. The Morgan fingerprint density at radius 1 is 1.27 bits per heavy atom. The molecule has 140 valence electrons. The highest BCUT2D eigenvalue weighted by Gasteiger charge is 2.13. The maximum absolute atomic E-state index is 12.3. The van der Waals surface area contributed by atoms with E-state index in [0.29, 0.717) is 18.0 Å². The second-order valence-corrected chi connectivity index (χ2v) is 7.97. The fourth-order valence-electron chi connectivity index (χ4n) is 3.06. The minimum atomic E-state index is -0.0621. The molecule has 2 aromatic rings. The van der Waals surface area contributed by atoms with Crippen molar-refractivity contribution in [3.63, 3.8) is 0 Å². The lowest BCUT2D eigenvalue weighted by molar-refractivity contribution is 0.0952. The molecule has 3 rings (SSSR count). The molecule has 0 atom stereocenters. The molecule has 1 saturated heterocycles. The number of aromatic nitrogens is 3. The molecule has 0 aromatic carbocycles. The summed E-state index contributed by atoms with van der Waals surface area (Å²) in [6, 6.07) is 3.82. The normalized spacial score (nSPS) is 14.7. The molecule has 0 spiro atoms. The van der Waals surface area contributed by atoms with Gasteiger partial charge < -0.3 is 14.8 Å². The first-order valence-corrected chi connectivity index (χ1v) is 10.4. The predicted molar refractivity (Wildman–Crippen MR) is 107 cm³/mol. The van der Waals surface area contributed by atoms with E-state index in [4.69, 9.17) is 0 Å². The Labute approximate surface area is 159 Å². The quantitative estimate of drug-likeness (QED) is 0.756. The minimum absolute atomic E-state index is 0.0621. The molecule has 3 heterocycles. The van der Waals surface area contributed by atoms with Crippen LogP contribution in [0.1, 0.15) is 42.4 Å². The van der Waals surface area contributed by atoms with Gasteiger partial charge in [0.1, 0.15) is 11.6 Å². The number of amides is 1. The van der Waals surface area contributed by atoms with Gasteiger partial charge >= 0.3 is 0 Å². The molecule has 0 radical (unpaired) electrons. The lowest BCUT2D eigenvalue weighted by Crippen LogP contribution is -2.33. The highest BCUT2D eigenvalue weighted by atomic mass is 32.2. The fourth-order valence-corrected chi connectivity index (χ4v) is 3.97. The molecule has 0 aliphatic carbocycles. The number of pyridine rings is 1. The van der Waals surface area contributed by atoms with Gasteiger partial charge in [-0.15, -0.1) is 0 Å². The molecule has 1 N–H and O–H groups in total. The first-order chi connectivity index (χ1) is 12.6. The lowest BCUT2D eigenvalue weighted by Gasteiger charge is -2.27. The molecule has 26 heavy (non-hydrogen) atoms. The van der Waals surface area contributed by atoms with E-state index in [1.165, 1.54) is 0 Å². The number of imidazole rings is 1. The number of carbonyl (C=O) groups excluding carboxylic acids is 1. The van der Waals surface area contributed by atoms with Gasteiger partial charge in [0.25, 0.3) is 5.91 Å². The van der Waals surface area contributed by atoms with Crippen molar-refractivity contribution in [2.24, 2.45) is 0 Å². The monoisotopic (exact) mass is 373 g/mol. The van der Waals surface area contributed by atoms with Crippen molar-refractivity contribution in [1.29, 1.82) is 0 Å². The van der Waals surface area contributed by atoms with E-state index in [0.717, 1.165) is 49.2 Å². The first-order valence-electron chi connectivity index (χ1n) is 9.23. The number of hydrogen-bond acceptors (Lipinski definition) is 5. The van der Waals surface area contributed by atoms with Gasteiger partial charge in [-0.2, -0.15) is 11.8 Å². The van der Waals surface area contributed by atoms with E-state index in [2.05, 4.69) is 38.6 Å². The van der Waals surface area contributed by atoms with Gasteiger partial charge in [0, 0.05) is 62.2 Å². The standard InChI is InChI=1S/C19H27N5OS/c1-15(2)18-20-7-9-24(18)8-3-6-21-19(25)16-4-5-17(22-14-16)23-10-12-26-13-11-23/h4-5,7,9,14-15H,3,6,8,10-13H2,1-2H3,(H,21,25). The third-order valence-corrected chi connectivity index (χ3v) is 5.41. The van der Waals surface area contributed by atoms with Crippen molar-refractivity contribution in [3.8, 4) is 0 Å². The van der Waals surface area contributed by atoms with E-state index < -0.39 is 0 Å². The number of rotatable bonds is 7. The molecule has 7 heteroatoms. The third-order valence-electron chi connectivity index (χ3n) is 4.47. The van der Waals surface area contributed by atoms with E-state index in [1.807, 2.05) is 36.3 Å².